The highest BCUT2D eigenvalue weighted by atomic mass is 32.2. The Morgan fingerprint density at radius 2 is 2.03 bits per heavy atom. The van der Waals surface area contributed by atoms with Crippen molar-refractivity contribution in [1.29, 1.82) is 0 Å². The molecule has 0 aliphatic carbocycles. The number of aliphatic imine (C=N–C) groups is 1. The number of hydrogen-bond acceptors (Lipinski definition) is 7. The summed E-state index contributed by atoms with van der Waals surface area (Å²) in [6.07, 6.45) is 1.95. The van der Waals surface area contributed by atoms with Crippen LogP contribution in [0.2, 0.25) is 0 Å². The molecule has 0 unspecified atom stereocenters. The van der Waals surface area contributed by atoms with Gasteiger partial charge in [0.2, 0.25) is 15.9 Å². The number of aryl methyl sites for hydroxylation is 1. The van der Waals surface area contributed by atoms with Gasteiger partial charge in [0.05, 0.1) is 6.54 Å². The molecule has 10 nitrogen and oxygen atoms in total. The van der Waals surface area contributed by atoms with E-state index in [9.17, 15) is 22.5 Å². The van der Waals surface area contributed by atoms with Crippen molar-refractivity contribution >= 4 is 39.4 Å². The number of nitrogens with two attached hydrogens (primary N) is 1. The lowest BCUT2D eigenvalue weighted by Crippen LogP contribution is -2.50. The standard InChI is InChI=1S/C24H26FN5O5S/c1-16-13-19(27-15-21(26)31)6-5-17(16)7-12-36(33,34)30-10-8-24(9-11-30)23(32)28-22(29-24)18-3-2-4-20(14-18)35-25/h2-7,12-14,27H,8-11,15H2,1H3,(H2,26,31)(H,28,29,32)/b12-7+. The molecular weight excluding hydrogens is 489 g/mol. The Morgan fingerprint density at radius 1 is 1.28 bits per heavy atom. The average molecular weight is 516 g/mol. The van der Waals surface area contributed by atoms with Gasteiger partial charge in [-0.25, -0.2) is 8.42 Å². The minimum Gasteiger partial charge on any atom is -0.376 e. The summed E-state index contributed by atoms with van der Waals surface area (Å²) in [6.45, 7) is 2.08. The number of amidine groups is 1. The molecule has 4 rings (SSSR count). The van der Waals surface area contributed by atoms with Crippen LogP contribution in [0.4, 0.5) is 10.2 Å². The summed E-state index contributed by atoms with van der Waals surface area (Å²) in [6, 6.07) is 11.4. The summed E-state index contributed by atoms with van der Waals surface area (Å²) in [5.41, 5.74) is 6.80. The van der Waals surface area contributed by atoms with Crippen LogP contribution in [0.1, 0.15) is 29.5 Å². The molecule has 2 aromatic rings. The van der Waals surface area contributed by atoms with Gasteiger partial charge in [-0.05, 0) is 61.2 Å². The largest absolute Gasteiger partial charge is 0.376 e. The second kappa shape index (κ2) is 10.1. The maximum absolute atomic E-state index is 12.9. The van der Waals surface area contributed by atoms with Gasteiger partial charge >= 0.3 is 0 Å². The predicted octanol–water partition coefficient (Wildman–Crippen LogP) is 1.87. The van der Waals surface area contributed by atoms with Gasteiger partial charge in [-0.2, -0.15) is 4.31 Å². The molecule has 2 aromatic carbocycles. The van der Waals surface area contributed by atoms with Crippen molar-refractivity contribution in [2.45, 2.75) is 25.3 Å². The van der Waals surface area contributed by atoms with Crippen LogP contribution in [0.3, 0.4) is 0 Å². The van der Waals surface area contributed by atoms with Crippen LogP contribution in [0.5, 0.6) is 5.75 Å². The number of primary amides is 1. The molecule has 12 heteroatoms. The van der Waals surface area contributed by atoms with Crippen LogP contribution < -0.4 is 21.3 Å². The molecule has 0 aromatic heterocycles. The Morgan fingerprint density at radius 3 is 2.69 bits per heavy atom. The van der Waals surface area contributed by atoms with E-state index in [4.69, 9.17) is 5.73 Å². The molecule has 2 heterocycles. The Labute approximate surface area is 208 Å². The van der Waals surface area contributed by atoms with Crippen molar-refractivity contribution < 1.29 is 27.5 Å². The zero-order valence-electron chi connectivity index (χ0n) is 19.5. The van der Waals surface area contributed by atoms with Crippen molar-refractivity contribution in [3.63, 3.8) is 0 Å². The number of piperidine rings is 1. The fourth-order valence-electron chi connectivity index (χ4n) is 4.20. The second-order valence-corrected chi connectivity index (χ2v) is 10.5. The van der Waals surface area contributed by atoms with Crippen LogP contribution in [-0.4, -0.2) is 55.5 Å². The summed E-state index contributed by atoms with van der Waals surface area (Å²) in [7, 11) is -3.73. The number of sulfonamides is 1. The van der Waals surface area contributed by atoms with E-state index in [0.29, 0.717) is 22.6 Å². The van der Waals surface area contributed by atoms with E-state index >= 15 is 0 Å². The van der Waals surface area contributed by atoms with Gasteiger partial charge in [0.25, 0.3) is 5.91 Å². The smallest absolute Gasteiger partial charge is 0.253 e. The Hall–Kier alpha value is -3.77. The van der Waals surface area contributed by atoms with Gasteiger partial charge in [-0.1, -0.05) is 18.2 Å². The highest BCUT2D eigenvalue weighted by Gasteiger charge is 2.47. The van der Waals surface area contributed by atoms with Crippen molar-refractivity contribution in [2.24, 2.45) is 10.7 Å². The summed E-state index contributed by atoms with van der Waals surface area (Å²) in [4.78, 5) is 32.0. The van der Waals surface area contributed by atoms with Gasteiger partial charge in [0.15, 0.2) is 5.75 Å². The Balaban J connectivity index is 1.43. The number of rotatable bonds is 8. The Kier molecular flexibility index (Phi) is 7.09. The number of anilines is 1. The van der Waals surface area contributed by atoms with Crippen molar-refractivity contribution in [1.82, 2.24) is 9.62 Å². The molecule has 1 fully saturated rings. The molecular formula is C24H26FN5O5S. The van der Waals surface area contributed by atoms with E-state index in [1.807, 2.05) is 6.92 Å². The molecule has 36 heavy (non-hydrogen) atoms. The quantitative estimate of drug-likeness (QED) is 0.490. The molecule has 0 saturated carbocycles. The monoisotopic (exact) mass is 515 g/mol. The first kappa shape index (κ1) is 25.3. The van der Waals surface area contributed by atoms with Crippen LogP contribution in [-0.2, 0) is 19.6 Å². The van der Waals surface area contributed by atoms with Gasteiger partial charge in [-0.15, -0.1) is 0 Å². The van der Waals surface area contributed by atoms with Crippen LogP contribution in [0.25, 0.3) is 6.08 Å². The maximum Gasteiger partial charge on any atom is 0.253 e. The number of halogens is 1. The van der Waals surface area contributed by atoms with Crippen molar-refractivity contribution in [3.8, 4) is 5.75 Å². The van der Waals surface area contributed by atoms with Gasteiger partial charge < -0.3 is 16.4 Å². The van der Waals surface area contributed by atoms with Gasteiger partial charge in [0.1, 0.15) is 11.4 Å². The van der Waals surface area contributed by atoms with E-state index in [-0.39, 0.29) is 44.1 Å². The summed E-state index contributed by atoms with van der Waals surface area (Å²) < 4.78 is 39.7. The number of amides is 2. The number of benzene rings is 2. The zero-order valence-corrected chi connectivity index (χ0v) is 20.3. The van der Waals surface area contributed by atoms with E-state index in [1.54, 1.807) is 30.3 Å². The van der Waals surface area contributed by atoms with Crippen LogP contribution in [0.15, 0.2) is 52.9 Å². The van der Waals surface area contributed by atoms with Gasteiger partial charge in [0, 0.05) is 34.3 Å². The molecule has 1 saturated heterocycles. The lowest BCUT2D eigenvalue weighted by atomic mass is 9.89. The van der Waals surface area contributed by atoms with Crippen LogP contribution >= 0.6 is 0 Å². The third-order valence-corrected chi connectivity index (χ3v) is 7.81. The topological polar surface area (TPSA) is 143 Å². The zero-order chi connectivity index (χ0) is 25.9. The molecule has 190 valence electrons. The van der Waals surface area contributed by atoms with E-state index < -0.39 is 21.5 Å². The SMILES string of the molecule is Cc1cc(NCC(N)=O)ccc1/C=C/S(=O)(=O)N1CCC2(CC1)N=C(c1cccc(OF)c1)NC2=O. The number of carbonyl (C=O) groups excluding carboxylic acids is 2. The first-order valence-corrected chi connectivity index (χ1v) is 12.7. The first-order valence-electron chi connectivity index (χ1n) is 11.2. The molecule has 2 aliphatic rings. The number of carbonyl (C=O) groups is 2. The molecule has 2 aliphatic heterocycles. The molecule has 1 spiro atoms. The highest BCUT2D eigenvalue weighted by molar-refractivity contribution is 7.92. The van der Waals surface area contributed by atoms with Gasteiger partial charge in [-0.3, -0.25) is 19.5 Å². The van der Waals surface area contributed by atoms with Crippen molar-refractivity contribution in [2.75, 3.05) is 25.0 Å². The predicted molar refractivity (Wildman–Crippen MR) is 133 cm³/mol. The fourth-order valence-corrected chi connectivity index (χ4v) is 5.38. The second-order valence-electron chi connectivity index (χ2n) is 8.69. The molecule has 2 amide bonds. The third kappa shape index (κ3) is 5.39. The average Bonchev–Trinajstić information content (AvgIpc) is 3.17. The molecule has 4 N–H and O–H groups in total. The van der Waals surface area contributed by atoms with E-state index in [2.05, 4.69) is 20.6 Å². The maximum atomic E-state index is 12.9. The first-order chi connectivity index (χ1) is 17.1. The highest BCUT2D eigenvalue weighted by Crippen LogP contribution is 2.33. The summed E-state index contributed by atoms with van der Waals surface area (Å²) in [5, 5.41) is 6.77. The lowest BCUT2D eigenvalue weighted by molar-refractivity contribution is -0.125. The normalized spacial score (nSPS) is 17.7. The van der Waals surface area contributed by atoms with E-state index in [0.717, 1.165) is 11.0 Å². The Bertz CT molecular complexity index is 1350. The number of nitrogens with one attached hydrogen (secondary N) is 2. The molecule has 0 bridgehead atoms. The van der Waals surface area contributed by atoms with Crippen molar-refractivity contribution in [3.05, 3.63) is 64.6 Å². The number of hydrogen-bond donors (Lipinski definition) is 3. The minimum absolute atomic E-state index is 0.00143. The summed E-state index contributed by atoms with van der Waals surface area (Å²) >= 11 is 0. The fraction of sp³-hybridized carbons (Fsp3) is 0.292. The third-order valence-electron chi connectivity index (χ3n) is 6.24. The summed E-state index contributed by atoms with van der Waals surface area (Å²) in [5.74, 6) is -0.495. The number of nitrogens with zero attached hydrogens (tertiary/aromatic N) is 2. The minimum atomic E-state index is -3.73. The molecule has 0 radical (unpaired) electrons. The lowest BCUT2D eigenvalue weighted by Gasteiger charge is -2.34. The molecule has 0 atom stereocenters. The van der Waals surface area contributed by atoms with Crippen LogP contribution in [0, 0.1) is 6.92 Å². The van der Waals surface area contributed by atoms with E-state index in [1.165, 1.54) is 22.5 Å².